The molecule has 0 aliphatic carbocycles. The molecule has 132 valence electrons. The zero-order valence-electron chi connectivity index (χ0n) is 13.7. The van der Waals surface area contributed by atoms with Crippen LogP contribution in [0.25, 0.3) is 0 Å². The van der Waals surface area contributed by atoms with E-state index in [9.17, 15) is 14.4 Å². The van der Waals surface area contributed by atoms with Crippen molar-refractivity contribution >= 4 is 33.5 Å². The normalized spacial score (nSPS) is 10.3. The monoisotopic (exact) mass is 407 g/mol. The van der Waals surface area contributed by atoms with Crippen molar-refractivity contribution in [3.63, 3.8) is 0 Å². The number of para-hydroxylation sites is 1. The molecule has 1 N–H and O–H groups in total. The summed E-state index contributed by atoms with van der Waals surface area (Å²) in [4.78, 5) is 35.6. The first-order valence-electron chi connectivity index (χ1n) is 7.81. The molecule has 7 nitrogen and oxygen atoms in total. The summed E-state index contributed by atoms with van der Waals surface area (Å²) in [5.41, 5.74) is 0.288. The van der Waals surface area contributed by atoms with Crippen LogP contribution >= 0.6 is 15.9 Å². The van der Waals surface area contributed by atoms with Crippen LogP contribution in [-0.2, 0) is 16.1 Å². The Bertz CT molecular complexity index is 820. The van der Waals surface area contributed by atoms with Gasteiger partial charge in [-0.1, -0.05) is 25.5 Å². The van der Waals surface area contributed by atoms with E-state index in [0.717, 1.165) is 17.3 Å². The lowest BCUT2D eigenvalue weighted by Gasteiger charge is -2.08. The van der Waals surface area contributed by atoms with E-state index >= 15 is 0 Å². The van der Waals surface area contributed by atoms with Crippen molar-refractivity contribution in [2.75, 3.05) is 11.9 Å². The van der Waals surface area contributed by atoms with Crippen LogP contribution in [0.1, 0.15) is 30.3 Å². The van der Waals surface area contributed by atoms with Gasteiger partial charge in [0.15, 0.2) is 12.3 Å². The second-order valence-corrected chi connectivity index (χ2v) is 6.09. The van der Waals surface area contributed by atoms with Crippen LogP contribution in [0, 0.1) is 0 Å². The second kappa shape index (κ2) is 9.12. The van der Waals surface area contributed by atoms with Gasteiger partial charge < -0.3 is 10.1 Å². The third-order valence-corrected chi connectivity index (χ3v) is 3.97. The van der Waals surface area contributed by atoms with Gasteiger partial charge in [0.2, 0.25) is 0 Å². The van der Waals surface area contributed by atoms with Crippen molar-refractivity contribution in [2.45, 2.75) is 26.3 Å². The second-order valence-electron chi connectivity index (χ2n) is 5.24. The molecule has 0 spiro atoms. The van der Waals surface area contributed by atoms with Gasteiger partial charge in [0.05, 0.1) is 5.69 Å². The van der Waals surface area contributed by atoms with Gasteiger partial charge >= 0.3 is 5.97 Å². The number of hydrogen-bond donors (Lipinski definition) is 1. The molecule has 0 aliphatic heterocycles. The topological polar surface area (TPSA) is 90.3 Å². The number of aromatic nitrogens is 2. The van der Waals surface area contributed by atoms with E-state index in [1.165, 1.54) is 16.8 Å². The third-order valence-electron chi connectivity index (χ3n) is 3.28. The third kappa shape index (κ3) is 5.53. The maximum Gasteiger partial charge on any atom is 0.359 e. The molecule has 1 aromatic heterocycles. The van der Waals surface area contributed by atoms with Gasteiger partial charge in [0, 0.05) is 17.1 Å². The number of ether oxygens (including phenoxy) is 1. The predicted molar refractivity (Wildman–Crippen MR) is 96.5 cm³/mol. The molecule has 0 unspecified atom stereocenters. The lowest BCUT2D eigenvalue weighted by atomic mass is 10.3. The molecule has 0 saturated heterocycles. The average molecular weight is 408 g/mol. The van der Waals surface area contributed by atoms with Gasteiger partial charge in [0.1, 0.15) is 0 Å². The molecule has 25 heavy (non-hydrogen) atoms. The molecule has 0 aliphatic rings. The van der Waals surface area contributed by atoms with Crippen molar-refractivity contribution in [3.8, 4) is 0 Å². The first kappa shape index (κ1) is 18.9. The van der Waals surface area contributed by atoms with Crippen LogP contribution in [0.15, 0.2) is 45.7 Å². The molecule has 2 aromatic rings. The fourth-order valence-electron chi connectivity index (χ4n) is 1.98. The molecule has 1 amide bonds. The first-order valence-corrected chi connectivity index (χ1v) is 8.60. The van der Waals surface area contributed by atoms with Crippen molar-refractivity contribution in [2.24, 2.45) is 0 Å². The van der Waals surface area contributed by atoms with Gasteiger partial charge in [-0.25, -0.2) is 9.48 Å². The number of carbonyl (C=O) groups is 2. The Morgan fingerprint density at radius 2 is 2.00 bits per heavy atom. The van der Waals surface area contributed by atoms with E-state index in [1.807, 2.05) is 13.0 Å². The highest BCUT2D eigenvalue weighted by atomic mass is 79.9. The Morgan fingerprint density at radius 3 is 2.72 bits per heavy atom. The number of halogens is 1. The highest BCUT2D eigenvalue weighted by molar-refractivity contribution is 9.10. The molecule has 1 heterocycles. The summed E-state index contributed by atoms with van der Waals surface area (Å²) in [7, 11) is 0. The van der Waals surface area contributed by atoms with E-state index < -0.39 is 18.5 Å². The molecular weight excluding hydrogens is 390 g/mol. The minimum Gasteiger partial charge on any atom is -0.451 e. The Labute approximate surface area is 153 Å². The maximum absolute atomic E-state index is 12.0. The zero-order valence-corrected chi connectivity index (χ0v) is 15.3. The van der Waals surface area contributed by atoms with E-state index in [0.29, 0.717) is 12.2 Å². The zero-order chi connectivity index (χ0) is 18.2. The van der Waals surface area contributed by atoms with Crippen LogP contribution in [0.5, 0.6) is 0 Å². The van der Waals surface area contributed by atoms with Gasteiger partial charge in [-0.05, 0) is 40.5 Å². The van der Waals surface area contributed by atoms with Gasteiger partial charge in [0.25, 0.3) is 11.5 Å². The van der Waals surface area contributed by atoms with Crippen molar-refractivity contribution in [3.05, 3.63) is 56.9 Å². The fraction of sp³-hybridized carbons (Fsp3) is 0.294. The molecule has 0 atom stereocenters. The Kier molecular flexibility index (Phi) is 6.88. The highest BCUT2D eigenvalue weighted by Crippen LogP contribution is 2.20. The SMILES string of the molecule is CCCCn1nc(C(=O)OCC(=O)Nc2ccccc2Br)ccc1=O. The number of carbonyl (C=O) groups excluding carboxylic acids is 2. The number of nitrogens with zero attached hydrogens (tertiary/aromatic N) is 2. The maximum atomic E-state index is 12.0. The van der Waals surface area contributed by atoms with Gasteiger partial charge in [-0.15, -0.1) is 0 Å². The first-order chi connectivity index (χ1) is 12.0. The molecule has 0 saturated carbocycles. The standard InChI is InChI=1S/C17H18BrN3O4/c1-2-3-10-21-16(23)9-8-14(20-21)17(24)25-11-15(22)19-13-7-5-4-6-12(13)18/h4-9H,2-3,10-11H2,1H3,(H,19,22). The van der Waals surface area contributed by atoms with Crippen molar-refractivity contribution < 1.29 is 14.3 Å². The summed E-state index contributed by atoms with van der Waals surface area (Å²) < 4.78 is 6.90. The number of anilines is 1. The number of benzene rings is 1. The summed E-state index contributed by atoms with van der Waals surface area (Å²) in [6, 6.07) is 9.65. The molecule has 0 radical (unpaired) electrons. The van der Waals surface area contributed by atoms with Crippen molar-refractivity contribution in [1.82, 2.24) is 9.78 Å². The van der Waals surface area contributed by atoms with Crippen molar-refractivity contribution in [1.29, 1.82) is 0 Å². The van der Waals surface area contributed by atoms with Crippen LogP contribution in [-0.4, -0.2) is 28.3 Å². The molecular formula is C17H18BrN3O4. The van der Waals surface area contributed by atoms with E-state index in [4.69, 9.17) is 4.74 Å². The number of nitrogens with one attached hydrogen (secondary N) is 1. The number of unbranched alkanes of at least 4 members (excludes halogenated alkanes) is 1. The summed E-state index contributed by atoms with van der Waals surface area (Å²) in [6.45, 7) is 1.97. The number of hydrogen-bond acceptors (Lipinski definition) is 5. The average Bonchev–Trinajstić information content (AvgIpc) is 2.61. The lowest BCUT2D eigenvalue weighted by molar-refractivity contribution is -0.119. The Morgan fingerprint density at radius 1 is 1.24 bits per heavy atom. The smallest absolute Gasteiger partial charge is 0.359 e. The largest absolute Gasteiger partial charge is 0.451 e. The van der Waals surface area contributed by atoms with Crippen LogP contribution in [0.3, 0.4) is 0 Å². The fourth-order valence-corrected chi connectivity index (χ4v) is 2.36. The summed E-state index contributed by atoms with van der Waals surface area (Å²) in [6.07, 6.45) is 1.68. The summed E-state index contributed by atoms with van der Waals surface area (Å²) >= 11 is 3.31. The van der Waals surface area contributed by atoms with Crippen LogP contribution in [0.2, 0.25) is 0 Å². The highest BCUT2D eigenvalue weighted by Gasteiger charge is 2.14. The van der Waals surface area contributed by atoms with E-state index in [1.54, 1.807) is 18.2 Å². The number of esters is 1. The molecule has 0 bridgehead atoms. The minimum absolute atomic E-state index is 0.00982. The van der Waals surface area contributed by atoms with Crippen LogP contribution in [0.4, 0.5) is 5.69 Å². The Hall–Kier alpha value is -2.48. The summed E-state index contributed by atoms with van der Waals surface area (Å²) in [5, 5.41) is 6.60. The number of aryl methyl sites for hydroxylation is 1. The number of amides is 1. The predicted octanol–water partition coefficient (Wildman–Crippen LogP) is 2.60. The summed E-state index contributed by atoms with van der Waals surface area (Å²) in [5.74, 6) is -1.23. The molecule has 1 aromatic carbocycles. The quantitative estimate of drug-likeness (QED) is 0.712. The van der Waals surface area contributed by atoms with E-state index in [-0.39, 0.29) is 11.3 Å². The molecule has 8 heteroatoms. The minimum atomic E-state index is -0.757. The van der Waals surface area contributed by atoms with Gasteiger partial charge in [-0.2, -0.15) is 5.10 Å². The number of rotatable bonds is 7. The Balaban J connectivity index is 1.94. The van der Waals surface area contributed by atoms with Gasteiger partial charge in [-0.3, -0.25) is 9.59 Å². The lowest BCUT2D eigenvalue weighted by Crippen LogP contribution is -2.26. The molecule has 2 rings (SSSR count). The van der Waals surface area contributed by atoms with E-state index in [2.05, 4.69) is 26.3 Å². The van der Waals surface area contributed by atoms with Crippen LogP contribution < -0.4 is 10.9 Å². The molecule has 0 fully saturated rings.